The van der Waals surface area contributed by atoms with E-state index in [0.29, 0.717) is 21.7 Å². The fourth-order valence-corrected chi connectivity index (χ4v) is 5.77. The number of rotatable bonds is 6. The predicted octanol–water partition coefficient (Wildman–Crippen LogP) is 4.39. The number of anilines is 1. The van der Waals surface area contributed by atoms with Crippen molar-refractivity contribution < 1.29 is 35.5 Å². The highest BCUT2D eigenvalue weighted by Crippen LogP contribution is 2.40. The van der Waals surface area contributed by atoms with Crippen molar-refractivity contribution in [3.63, 3.8) is 0 Å². The van der Waals surface area contributed by atoms with Crippen molar-refractivity contribution in [1.82, 2.24) is 9.62 Å². The molecule has 0 aliphatic carbocycles. The molecule has 2 heterocycles. The summed E-state index contributed by atoms with van der Waals surface area (Å²) in [6.45, 7) is -1.27. The van der Waals surface area contributed by atoms with Gasteiger partial charge >= 0.3 is 16.4 Å². The van der Waals surface area contributed by atoms with E-state index >= 15 is 4.39 Å². The van der Waals surface area contributed by atoms with E-state index in [9.17, 15) is 26.4 Å². The second kappa shape index (κ2) is 9.91. The van der Waals surface area contributed by atoms with Crippen molar-refractivity contribution in [3.05, 3.63) is 77.6 Å². The first kappa shape index (κ1) is 26.0. The van der Waals surface area contributed by atoms with E-state index in [2.05, 4.69) is 0 Å². The summed E-state index contributed by atoms with van der Waals surface area (Å²) >= 11 is 0. The number of fused-ring (bicyclic) bond motifs is 1. The number of nitrogens with one attached hydrogen (secondary N) is 1. The van der Waals surface area contributed by atoms with Crippen LogP contribution in [0.1, 0.15) is 17.5 Å². The second-order valence-corrected chi connectivity index (χ2v) is 10.7. The van der Waals surface area contributed by atoms with Gasteiger partial charge in [0.1, 0.15) is 24.6 Å². The third-order valence-electron chi connectivity index (χ3n) is 6.39. The van der Waals surface area contributed by atoms with E-state index < -0.39 is 46.9 Å². The summed E-state index contributed by atoms with van der Waals surface area (Å²) in [5.41, 5.74) is 1.77. The van der Waals surface area contributed by atoms with Gasteiger partial charge in [-0.25, -0.2) is 13.4 Å². The van der Waals surface area contributed by atoms with Gasteiger partial charge in [-0.3, -0.25) is 9.69 Å². The lowest BCUT2D eigenvalue weighted by Gasteiger charge is -2.27. The Balaban J connectivity index is 1.53. The van der Waals surface area contributed by atoms with Crippen LogP contribution in [0.25, 0.3) is 16.3 Å². The van der Waals surface area contributed by atoms with Crippen molar-refractivity contribution in [3.8, 4) is 5.75 Å². The van der Waals surface area contributed by atoms with Crippen LogP contribution in [0.2, 0.25) is 0 Å². The number of nitrogens with zero attached hydrogens (tertiary/aromatic N) is 2. The zero-order valence-corrected chi connectivity index (χ0v) is 20.8. The smallest absolute Gasteiger partial charge is 0.401 e. The van der Waals surface area contributed by atoms with Crippen molar-refractivity contribution >= 4 is 38.1 Å². The molecule has 0 unspecified atom stereocenters. The van der Waals surface area contributed by atoms with E-state index in [0.717, 1.165) is 11.1 Å². The number of ether oxygens (including phenoxy) is 1. The highest BCUT2D eigenvalue weighted by molar-refractivity contribution is 7.92. The van der Waals surface area contributed by atoms with Crippen LogP contribution < -0.4 is 13.8 Å². The Kier molecular flexibility index (Phi) is 6.78. The predicted molar refractivity (Wildman–Crippen MR) is 134 cm³/mol. The lowest BCUT2D eigenvalue weighted by atomic mass is 9.96. The van der Waals surface area contributed by atoms with E-state index in [4.69, 9.17) is 4.74 Å². The van der Waals surface area contributed by atoms with Crippen molar-refractivity contribution in [1.29, 1.82) is 0 Å². The largest absolute Gasteiger partial charge is 0.487 e. The molecular weight excluding hydrogens is 526 g/mol. The van der Waals surface area contributed by atoms with E-state index in [1.807, 2.05) is 10.8 Å². The van der Waals surface area contributed by atoms with Gasteiger partial charge in [0.2, 0.25) is 0 Å². The normalized spacial score (nSPS) is 17.9. The molecule has 1 amide bonds. The third kappa shape index (κ3) is 5.46. The van der Waals surface area contributed by atoms with E-state index in [-0.39, 0.29) is 30.8 Å². The first-order chi connectivity index (χ1) is 18.0. The van der Waals surface area contributed by atoms with Gasteiger partial charge in [-0.15, -0.1) is 0 Å². The minimum absolute atomic E-state index is 0.0352. The fourth-order valence-electron chi connectivity index (χ4n) is 4.61. The maximum atomic E-state index is 16.1. The summed E-state index contributed by atoms with van der Waals surface area (Å²) in [6.07, 6.45) is -2.27. The molecule has 0 spiro atoms. The molecule has 0 radical (unpaired) electrons. The van der Waals surface area contributed by atoms with Crippen LogP contribution in [0.15, 0.2) is 60.7 Å². The molecule has 2 aliphatic rings. The molecule has 0 aromatic heterocycles. The SMILES string of the molecule is O=C1CN(c2c(OCc3ccccc3)cc3ccc(C4=CCN(CC(F)(F)F)CC4)cc3c2F)S(=O)(=O)N1. The molecule has 12 heteroatoms. The molecule has 3 aromatic rings. The molecule has 1 saturated heterocycles. The van der Waals surface area contributed by atoms with Crippen molar-refractivity contribution in [2.45, 2.75) is 19.2 Å². The van der Waals surface area contributed by atoms with Gasteiger partial charge in [-0.2, -0.15) is 21.6 Å². The number of carbonyl (C=O) groups excluding carboxylic acids is 1. The van der Waals surface area contributed by atoms with Crippen molar-refractivity contribution in [2.24, 2.45) is 0 Å². The Labute approximate surface area is 216 Å². The lowest BCUT2D eigenvalue weighted by molar-refractivity contribution is -0.144. The standard InChI is InChI=1S/C26H23F4N3O4S/c27-24-21-12-19(18-8-10-32(11-9-18)16-26(28,29)30)6-7-20(21)13-22(37-15-17-4-2-1-3-5-17)25(24)33-14-23(34)31-38(33,35)36/h1-8,12-13H,9-11,14-16H2,(H,31,34). The Morgan fingerprint density at radius 1 is 1.05 bits per heavy atom. The molecule has 1 fully saturated rings. The van der Waals surface area contributed by atoms with Gasteiger partial charge in [0.15, 0.2) is 5.82 Å². The lowest BCUT2D eigenvalue weighted by Crippen LogP contribution is -2.36. The number of benzene rings is 3. The van der Waals surface area contributed by atoms with Crippen LogP contribution in [0.4, 0.5) is 23.2 Å². The minimum Gasteiger partial charge on any atom is -0.487 e. The molecule has 0 atom stereocenters. The summed E-state index contributed by atoms with van der Waals surface area (Å²) in [5.74, 6) is -1.74. The maximum Gasteiger partial charge on any atom is 0.401 e. The van der Waals surface area contributed by atoms with Crippen LogP contribution in [-0.4, -0.2) is 51.6 Å². The van der Waals surface area contributed by atoms with Gasteiger partial charge < -0.3 is 4.74 Å². The fraction of sp³-hybridized carbons (Fsp3) is 0.269. The monoisotopic (exact) mass is 549 g/mol. The van der Waals surface area contributed by atoms with Crippen LogP contribution in [0.3, 0.4) is 0 Å². The maximum absolute atomic E-state index is 16.1. The van der Waals surface area contributed by atoms with Gasteiger partial charge in [-0.05, 0) is 40.6 Å². The van der Waals surface area contributed by atoms with Crippen LogP contribution in [-0.2, 0) is 21.6 Å². The molecule has 38 heavy (non-hydrogen) atoms. The summed E-state index contributed by atoms with van der Waals surface area (Å²) in [5, 5.41) is 0.529. The number of halogens is 4. The number of hydrogen-bond donors (Lipinski definition) is 1. The minimum atomic E-state index is -4.33. The molecule has 1 N–H and O–H groups in total. The van der Waals surface area contributed by atoms with Gasteiger partial charge in [0, 0.05) is 18.5 Å². The number of hydrogen-bond acceptors (Lipinski definition) is 5. The van der Waals surface area contributed by atoms with Crippen molar-refractivity contribution in [2.75, 3.05) is 30.5 Å². The number of carbonyl (C=O) groups is 1. The van der Waals surface area contributed by atoms with Gasteiger partial charge in [0.05, 0.1) is 6.54 Å². The Hall–Kier alpha value is -3.64. The van der Waals surface area contributed by atoms with Crippen LogP contribution in [0, 0.1) is 5.82 Å². The summed E-state index contributed by atoms with van der Waals surface area (Å²) in [4.78, 5) is 13.2. The molecule has 3 aromatic carbocycles. The second-order valence-electron chi connectivity index (χ2n) is 9.11. The number of amides is 1. The molecule has 7 nitrogen and oxygen atoms in total. The molecule has 0 saturated carbocycles. The first-order valence-electron chi connectivity index (χ1n) is 11.7. The highest BCUT2D eigenvalue weighted by atomic mass is 32.2. The van der Waals surface area contributed by atoms with Crippen LogP contribution in [0.5, 0.6) is 5.75 Å². The molecule has 0 bridgehead atoms. The summed E-state index contributed by atoms with van der Waals surface area (Å²) in [7, 11) is -4.33. The Bertz CT molecular complexity index is 1520. The summed E-state index contributed by atoms with van der Waals surface area (Å²) < 4.78 is 87.8. The quantitative estimate of drug-likeness (QED) is 0.462. The molecular formula is C26H23F4N3O4S. The average molecular weight is 550 g/mol. The zero-order chi connectivity index (χ0) is 27.1. The first-order valence-corrected chi connectivity index (χ1v) is 13.2. The zero-order valence-electron chi connectivity index (χ0n) is 20.0. The van der Waals surface area contributed by atoms with Gasteiger partial charge in [-0.1, -0.05) is 48.5 Å². The Morgan fingerprint density at radius 3 is 2.45 bits per heavy atom. The Morgan fingerprint density at radius 2 is 1.82 bits per heavy atom. The van der Waals surface area contributed by atoms with E-state index in [1.165, 1.54) is 11.0 Å². The third-order valence-corrected chi connectivity index (χ3v) is 7.77. The van der Waals surface area contributed by atoms with Gasteiger partial charge in [0.25, 0.3) is 5.91 Å². The number of alkyl halides is 3. The molecule has 200 valence electrons. The summed E-state index contributed by atoms with van der Waals surface area (Å²) in [6, 6.07) is 15.5. The van der Waals surface area contributed by atoms with Crippen LogP contribution >= 0.6 is 0 Å². The highest BCUT2D eigenvalue weighted by Gasteiger charge is 2.38. The topological polar surface area (TPSA) is 79.0 Å². The van der Waals surface area contributed by atoms with E-state index in [1.54, 1.807) is 48.5 Å². The molecule has 5 rings (SSSR count). The molecule has 2 aliphatic heterocycles. The average Bonchev–Trinajstić information content (AvgIpc) is 3.14.